The largest absolute Gasteiger partial charge is 0.372 e. The van der Waals surface area contributed by atoms with Crippen LogP contribution in [0, 0.1) is 0 Å². The van der Waals surface area contributed by atoms with Gasteiger partial charge in [-0.25, -0.2) is 4.98 Å². The fourth-order valence-corrected chi connectivity index (χ4v) is 4.41. The highest BCUT2D eigenvalue weighted by atomic mass is 16.5. The Bertz CT molecular complexity index is 857. The lowest BCUT2D eigenvalue weighted by molar-refractivity contribution is -0.00576. The predicted molar refractivity (Wildman–Crippen MR) is 111 cm³/mol. The molecule has 1 aromatic carbocycles. The molecule has 0 aliphatic carbocycles. The van der Waals surface area contributed by atoms with Gasteiger partial charge in [0, 0.05) is 38.3 Å². The average molecular weight is 383 g/mol. The molecule has 0 radical (unpaired) electrons. The highest BCUT2D eigenvalue weighted by molar-refractivity contribution is 5.35. The van der Waals surface area contributed by atoms with E-state index in [1.54, 1.807) is 0 Å². The second-order valence-corrected chi connectivity index (χ2v) is 8.27. The number of aromatic nitrogens is 2. The second kappa shape index (κ2) is 8.05. The van der Waals surface area contributed by atoms with Crippen molar-refractivity contribution in [2.45, 2.75) is 51.9 Å². The summed E-state index contributed by atoms with van der Waals surface area (Å²) in [7, 11) is 0. The molecule has 3 heterocycles. The Morgan fingerprint density at radius 2 is 1.93 bits per heavy atom. The van der Waals surface area contributed by atoms with Crippen molar-refractivity contribution in [1.82, 2.24) is 14.9 Å². The lowest BCUT2D eigenvalue weighted by Gasteiger charge is -2.36. The third-order valence-corrected chi connectivity index (χ3v) is 5.76. The van der Waals surface area contributed by atoms with Gasteiger partial charge in [-0.05, 0) is 31.7 Å². The maximum atomic E-state index is 12.7. The maximum absolute atomic E-state index is 12.7. The van der Waals surface area contributed by atoms with Gasteiger partial charge in [0.15, 0.2) is 0 Å². The van der Waals surface area contributed by atoms with Crippen LogP contribution in [-0.4, -0.2) is 53.3 Å². The lowest BCUT2D eigenvalue weighted by atomic mass is 9.99. The van der Waals surface area contributed by atoms with Gasteiger partial charge in [0.2, 0.25) is 5.95 Å². The van der Waals surface area contributed by atoms with E-state index in [1.807, 2.05) is 0 Å². The van der Waals surface area contributed by atoms with Gasteiger partial charge in [-0.2, -0.15) is 0 Å². The molecule has 0 amide bonds. The van der Waals surface area contributed by atoms with Crippen molar-refractivity contribution in [3.05, 3.63) is 57.5 Å². The van der Waals surface area contributed by atoms with Gasteiger partial charge >= 0.3 is 0 Å². The van der Waals surface area contributed by atoms with Crippen molar-refractivity contribution in [2.75, 3.05) is 31.1 Å². The minimum absolute atomic E-state index is 0.0163. The number of morpholine rings is 1. The van der Waals surface area contributed by atoms with Gasteiger partial charge in [0.25, 0.3) is 5.56 Å². The quantitative estimate of drug-likeness (QED) is 0.881. The number of benzene rings is 1. The second-order valence-electron chi connectivity index (χ2n) is 8.27. The van der Waals surface area contributed by atoms with Crippen LogP contribution in [0.2, 0.25) is 0 Å². The zero-order valence-corrected chi connectivity index (χ0v) is 17.0. The maximum Gasteiger partial charge on any atom is 0.255 e. The highest BCUT2D eigenvalue weighted by Gasteiger charge is 2.27. The molecule has 6 heteroatoms. The summed E-state index contributed by atoms with van der Waals surface area (Å²) in [6.07, 6.45) is 1.02. The molecule has 0 spiro atoms. The number of ether oxygens (including phenoxy) is 1. The number of nitrogens with zero attached hydrogens (tertiary/aromatic N) is 3. The monoisotopic (exact) mass is 382 g/mol. The Hall–Kier alpha value is -2.18. The van der Waals surface area contributed by atoms with E-state index >= 15 is 0 Å². The topological polar surface area (TPSA) is 61.5 Å². The molecule has 0 bridgehead atoms. The molecule has 2 aromatic rings. The number of rotatable bonds is 4. The van der Waals surface area contributed by atoms with Gasteiger partial charge < -0.3 is 9.64 Å². The van der Waals surface area contributed by atoms with E-state index in [0.717, 1.165) is 50.4 Å². The first-order chi connectivity index (χ1) is 13.5. The van der Waals surface area contributed by atoms with E-state index in [1.165, 1.54) is 5.56 Å². The van der Waals surface area contributed by atoms with Crippen molar-refractivity contribution in [2.24, 2.45) is 0 Å². The van der Waals surface area contributed by atoms with Crippen molar-refractivity contribution in [3.63, 3.8) is 0 Å². The van der Waals surface area contributed by atoms with Crippen LogP contribution in [0.4, 0.5) is 5.95 Å². The van der Waals surface area contributed by atoms with E-state index < -0.39 is 0 Å². The summed E-state index contributed by atoms with van der Waals surface area (Å²) in [5, 5.41) is 0. The van der Waals surface area contributed by atoms with Gasteiger partial charge in [-0.3, -0.25) is 14.7 Å². The van der Waals surface area contributed by atoms with E-state index in [2.05, 4.69) is 65.9 Å². The SMILES string of the molecule is C[C@@H]1CN(c2nc3c(c(=O)[nH]2)CCN(C[C@@H](C)c2ccccc2)C3)C[C@@H](C)O1. The summed E-state index contributed by atoms with van der Waals surface area (Å²) in [6, 6.07) is 10.6. The molecule has 1 N–H and O–H groups in total. The zero-order valence-electron chi connectivity index (χ0n) is 17.0. The molecular formula is C22H30N4O2. The van der Waals surface area contributed by atoms with Gasteiger partial charge in [-0.1, -0.05) is 37.3 Å². The molecule has 28 heavy (non-hydrogen) atoms. The van der Waals surface area contributed by atoms with E-state index in [-0.39, 0.29) is 17.8 Å². The standard InChI is InChI=1S/C22H30N4O2/c1-15(18-7-5-4-6-8-18)11-25-10-9-19-20(14-25)23-22(24-21(19)27)26-12-16(2)28-17(3)13-26/h4-8,15-17H,9-14H2,1-3H3,(H,23,24,27)/t15-,16-,17-/m1/s1. The molecule has 150 valence electrons. The molecule has 1 aromatic heterocycles. The predicted octanol–water partition coefficient (Wildman–Crippen LogP) is 2.55. The normalized spacial score (nSPS) is 24.0. The Kier molecular flexibility index (Phi) is 5.51. The van der Waals surface area contributed by atoms with Crippen molar-refractivity contribution < 1.29 is 4.74 Å². The molecule has 1 saturated heterocycles. The molecule has 0 unspecified atom stereocenters. The fourth-order valence-electron chi connectivity index (χ4n) is 4.41. The first-order valence-electron chi connectivity index (χ1n) is 10.3. The summed E-state index contributed by atoms with van der Waals surface area (Å²) in [5.74, 6) is 1.13. The minimum Gasteiger partial charge on any atom is -0.372 e. The zero-order chi connectivity index (χ0) is 19.7. The number of H-pyrrole nitrogens is 1. The highest BCUT2D eigenvalue weighted by Crippen LogP contribution is 2.22. The van der Waals surface area contributed by atoms with Crippen molar-refractivity contribution in [1.29, 1.82) is 0 Å². The molecule has 2 aliphatic heterocycles. The molecular weight excluding hydrogens is 352 g/mol. The Morgan fingerprint density at radius 3 is 2.64 bits per heavy atom. The van der Waals surface area contributed by atoms with Crippen LogP contribution >= 0.6 is 0 Å². The van der Waals surface area contributed by atoms with E-state index in [4.69, 9.17) is 9.72 Å². The minimum atomic E-state index is 0.0163. The molecule has 1 fully saturated rings. The van der Waals surface area contributed by atoms with Crippen LogP contribution in [0.5, 0.6) is 0 Å². The number of aromatic amines is 1. The summed E-state index contributed by atoms with van der Waals surface area (Å²) in [6.45, 7) is 10.5. The smallest absolute Gasteiger partial charge is 0.255 e. The number of nitrogens with one attached hydrogen (secondary N) is 1. The molecule has 0 saturated carbocycles. The van der Waals surface area contributed by atoms with E-state index in [0.29, 0.717) is 11.9 Å². The number of fused-ring (bicyclic) bond motifs is 1. The van der Waals surface area contributed by atoms with Crippen LogP contribution < -0.4 is 10.5 Å². The van der Waals surface area contributed by atoms with Crippen molar-refractivity contribution >= 4 is 5.95 Å². The summed E-state index contributed by atoms with van der Waals surface area (Å²) >= 11 is 0. The molecule has 6 nitrogen and oxygen atoms in total. The van der Waals surface area contributed by atoms with Crippen LogP contribution in [-0.2, 0) is 17.7 Å². The van der Waals surface area contributed by atoms with Crippen LogP contribution in [0.25, 0.3) is 0 Å². The first-order valence-corrected chi connectivity index (χ1v) is 10.3. The number of hydrogen-bond acceptors (Lipinski definition) is 5. The fraction of sp³-hybridized carbons (Fsp3) is 0.545. The molecule has 2 aliphatic rings. The van der Waals surface area contributed by atoms with E-state index in [9.17, 15) is 4.79 Å². The molecule has 4 rings (SSSR count). The summed E-state index contributed by atoms with van der Waals surface area (Å²) in [4.78, 5) is 25.1. The van der Waals surface area contributed by atoms with Gasteiger partial charge in [0.1, 0.15) is 0 Å². The first kappa shape index (κ1) is 19.2. The summed E-state index contributed by atoms with van der Waals surface area (Å²) < 4.78 is 5.81. The third-order valence-electron chi connectivity index (χ3n) is 5.76. The van der Waals surface area contributed by atoms with Gasteiger partial charge in [0.05, 0.1) is 17.9 Å². The third kappa shape index (κ3) is 4.13. The lowest BCUT2D eigenvalue weighted by Crippen LogP contribution is -2.47. The number of hydrogen-bond donors (Lipinski definition) is 1. The number of anilines is 1. The average Bonchev–Trinajstić information content (AvgIpc) is 2.67. The van der Waals surface area contributed by atoms with Crippen LogP contribution in [0.3, 0.4) is 0 Å². The molecule has 3 atom stereocenters. The van der Waals surface area contributed by atoms with Gasteiger partial charge in [-0.15, -0.1) is 0 Å². The Labute approximate surface area is 166 Å². The summed E-state index contributed by atoms with van der Waals surface area (Å²) in [5.41, 5.74) is 3.14. The van der Waals surface area contributed by atoms with Crippen LogP contribution in [0.1, 0.15) is 43.5 Å². The Morgan fingerprint density at radius 1 is 1.21 bits per heavy atom. The van der Waals surface area contributed by atoms with Crippen LogP contribution in [0.15, 0.2) is 35.1 Å². The van der Waals surface area contributed by atoms with Crippen molar-refractivity contribution in [3.8, 4) is 0 Å². The Balaban J connectivity index is 1.51.